The monoisotopic (exact) mass is 413 g/mol. The van der Waals surface area contributed by atoms with Crippen LogP contribution in [0.4, 0.5) is 5.69 Å². The lowest BCUT2D eigenvalue weighted by molar-refractivity contribution is -0.385. The number of imide groups is 1. The van der Waals surface area contributed by atoms with Gasteiger partial charge in [-0.1, -0.05) is 18.2 Å². The van der Waals surface area contributed by atoms with Crippen LogP contribution >= 0.6 is 0 Å². The molecule has 11 heteroatoms. The third-order valence-electron chi connectivity index (χ3n) is 4.14. The zero-order chi connectivity index (χ0) is 21.8. The number of fused-ring (bicyclic) bond motifs is 1. The maximum atomic E-state index is 12.5. The van der Waals surface area contributed by atoms with Gasteiger partial charge in [0.25, 0.3) is 23.4 Å². The predicted molar refractivity (Wildman–Crippen MR) is 99.4 cm³/mol. The average Bonchev–Trinajstić information content (AvgIpc) is 2.96. The molecule has 1 aliphatic heterocycles. The summed E-state index contributed by atoms with van der Waals surface area (Å²) < 4.78 is 10.2. The Morgan fingerprint density at radius 2 is 1.83 bits per heavy atom. The molecule has 0 bridgehead atoms. The first-order valence-corrected chi connectivity index (χ1v) is 8.57. The van der Waals surface area contributed by atoms with Crippen molar-refractivity contribution in [3.8, 4) is 5.75 Å². The number of nitrogens with two attached hydrogens (primary N) is 1. The third kappa shape index (κ3) is 4.24. The molecular formula is C19H15N3O8. The van der Waals surface area contributed by atoms with Crippen LogP contribution in [0.2, 0.25) is 0 Å². The van der Waals surface area contributed by atoms with Crippen LogP contribution in [0.1, 0.15) is 26.3 Å². The maximum absolute atomic E-state index is 12.5. The van der Waals surface area contributed by atoms with E-state index in [0.717, 1.165) is 6.07 Å². The predicted octanol–water partition coefficient (Wildman–Crippen LogP) is 0.798. The highest BCUT2D eigenvalue weighted by Gasteiger charge is 2.41. The molecule has 3 amide bonds. The largest absolute Gasteiger partial charge is 0.484 e. The zero-order valence-corrected chi connectivity index (χ0v) is 15.4. The van der Waals surface area contributed by atoms with Crippen molar-refractivity contribution in [2.75, 3.05) is 13.2 Å². The minimum absolute atomic E-state index is 0.138. The number of nitro groups is 1. The second kappa shape index (κ2) is 8.39. The summed E-state index contributed by atoms with van der Waals surface area (Å²) in [6.07, 6.45) is 0. The van der Waals surface area contributed by atoms with E-state index in [9.17, 15) is 29.3 Å². The van der Waals surface area contributed by atoms with Crippen molar-refractivity contribution in [2.24, 2.45) is 5.73 Å². The number of nitro benzene ring substituents is 1. The molecule has 1 aliphatic rings. The third-order valence-corrected chi connectivity index (χ3v) is 4.14. The highest BCUT2D eigenvalue weighted by Crippen LogP contribution is 2.30. The molecule has 2 N–H and O–H groups in total. The van der Waals surface area contributed by atoms with E-state index in [2.05, 4.69) is 0 Å². The van der Waals surface area contributed by atoms with E-state index in [1.54, 1.807) is 18.2 Å². The molecule has 30 heavy (non-hydrogen) atoms. The quantitative estimate of drug-likeness (QED) is 0.288. The van der Waals surface area contributed by atoms with Crippen LogP contribution in [-0.4, -0.2) is 46.7 Å². The standard InChI is InChI=1S/C19H15N3O8/c20-15(23)10-29-12-4-1-3-11(7-12)9-30-16(24)8-21-18(25)13-5-2-6-14(22(27)28)17(13)19(21)26/h1-7H,8-10H2,(H2,20,23). The molecule has 2 aromatic carbocycles. The van der Waals surface area contributed by atoms with Crippen LogP contribution in [0, 0.1) is 10.1 Å². The van der Waals surface area contributed by atoms with Crippen molar-refractivity contribution in [1.29, 1.82) is 0 Å². The summed E-state index contributed by atoms with van der Waals surface area (Å²) in [6.45, 7) is -1.19. The van der Waals surface area contributed by atoms with Crippen molar-refractivity contribution >= 4 is 29.4 Å². The number of primary amides is 1. The SMILES string of the molecule is NC(=O)COc1cccc(COC(=O)CN2C(=O)c3cccc([N+](=O)[O-])c3C2=O)c1. The van der Waals surface area contributed by atoms with Crippen molar-refractivity contribution in [3.63, 3.8) is 0 Å². The maximum Gasteiger partial charge on any atom is 0.326 e. The molecule has 154 valence electrons. The number of rotatable bonds is 8. The normalized spacial score (nSPS) is 12.5. The number of hydrogen-bond acceptors (Lipinski definition) is 8. The molecule has 0 aromatic heterocycles. The van der Waals surface area contributed by atoms with E-state index in [-0.39, 0.29) is 24.3 Å². The number of carbonyl (C=O) groups excluding carboxylic acids is 4. The highest BCUT2D eigenvalue weighted by molar-refractivity contribution is 6.24. The topological polar surface area (TPSA) is 159 Å². The number of ether oxygens (including phenoxy) is 2. The van der Waals surface area contributed by atoms with Crippen LogP contribution in [-0.2, 0) is 20.9 Å². The van der Waals surface area contributed by atoms with Crippen molar-refractivity contribution in [2.45, 2.75) is 6.61 Å². The van der Waals surface area contributed by atoms with Crippen LogP contribution < -0.4 is 10.5 Å². The summed E-state index contributed by atoms with van der Waals surface area (Å²) in [5.41, 5.74) is 4.54. The number of esters is 1. The highest BCUT2D eigenvalue weighted by atomic mass is 16.6. The van der Waals surface area contributed by atoms with Gasteiger partial charge in [0, 0.05) is 6.07 Å². The molecule has 3 rings (SSSR count). The Hall–Kier alpha value is -4.28. The molecule has 0 atom stereocenters. The van der Waals surface area contributed by atoms with Crippen LogP contribution in [0.5, 0.6) is 5.75 Å². The lowest BCUT2D eigenvalue weighted by atomic mass is 10.1. The fraction of sp³-hybridized carbons (Fsp3) is 0.158. The second-order valence-corrected chi connectivity index (χ2v) is 6.22. The van der Waals surface area contributed by atoms with Gasteiger partial charge in [-0.25, -0.2) is 0 Å². The Labute approximate surface area is 169 Å². The number of nitrogens with zero attached hydrogens (tertiary/aromatic N) is 2. The Morgan fingerprint density at radius 3 is 2.53 bits per heavy atom. The van der Waals surface area contributed by atoms with E-state index < -0.39 is 40.8 Å². The van der Waals surface area contributed by atoms with Gasteiger partial charge in [0.05, 0.1) is 10.5 Å². The minimum Gasteiger partial charge on any atom is -0.484 e. The van der Waals surface area contributed by atoms with E-state index in [4.69, 9.17) is 15.2 Å². The van der Waals surface area contributed by atoms with Gasteiger partial charge >= 0.3 is 5.97 Å². The first-order chi connectivity index (χ1) is 14.3. The average molecular weight is 413 g/mol. The zero-order valence-electron chi connectivity index (χ0n) is 15.4. The van der Waals surface area contributed by atoms with E-state index in [0.29, 0.717) is 16.2 Å². The Kier molecular flexibility index (Phi) is 5.72. The smallest absolute Gasteiger partial charge is 0.326 e. The summed E-state index contributed by atoms with van der Waals surface area (Å²) >= 11 is 0. The van der Waals surface area contributed by atoms with Gasteiger partial charge in [0.1, 0.15) is 24.5 Å². The molecule has 0 fully saturated rings. The lowest BCUT2D eigenvalue weighted by Crippen LogP contribution is -2.35. The fourth-order valence-electron chi connectivity index (χ4n) is 2.83. The second-order valence-electron chi connectivity index (χ2n) is 6.22. The van der Waals surface area contributed by atoms with Gasteiger partial charge in [-0.2, -0.15) is 0 Å². The van der Waals surface area contributed by atoms with E-state index in [1.165, 1.54) is 18.2 Å². The summed E-state index contributed by atoms with van der Waals surface area (Å²) in [7, 11) is 0. The first-order valence-electron chi connectivity index (χ1n) is 8.57. The number of benzene rings is 2. The lowest BCUT2D eigenvalue weighted by Gasteiger charge is -2.13. The van der Waals surface area contributed by atoms with Gasteiger partial charge in [-0.05, 0) is 23.8 Å². The molecule has 0 spiro atoms. The molecule has 11 nitrogen and oxygen atoms in total. The van der Waals surface area contributed by atoms with Crippen LogP contribution in [0.15, 0.2) is 42.5 Å². The first kappa shape index (κ1) is 20.5. The Bertz CT molecular complexity index is 1070. The van der Waals surface area contributed by atoms with E-state index in [1.807, 2.05) is 0 Å². The van der Waals surface area contributed by atoms with Gasteiger partial charge in [0.15, 0.2) is 6.61 Å². The van der Waals surface area contributed by atoms with Crippen LogP contribution in [0.25, 0.3) is 0 Å². The Balaban J connectivity index is 1.63. The summed E-state index contributed by atoms with van der Waals surface area (Å²) in [5, 5.41) is 11.1. The number of carbonyl (C=O) groups is 4. The number of amides is 3. The molecule has 0 aliphatic carbocycles. The summed E-state index contributed by atoms with van der Waals surface area (Å²) in [4.78, 5) is 58.7. The minimum atomic E-state index is -0.930. The molecular weight excluding hydrogens is 398 g/mol. The van der Waals surface area contributed by atoms with Crippen molar-refractivity contribution in [3.05, 3.63) is 69.3 Å². The van der Waals surface area contributed by atoms with E-state index >= 15 is 0 Å². The van der Waals surface area contributed by atoms with Crippen molar-refractivity contribution in [1.82, 2.24) is 4.90 Å². The van der Waals surface area contributed by atoms with Crippen molar-refractivity contribution < 1.29 is 33.6 Å². The Morgan fingerprint density at radius 1 is 1.10 bits per heavy atom. The summed E-state index contributed by atoms with van der Waals surface area (Å²) in [5.74, 6) is -2.92. The molecule has 2 aromatic rings. The molecule has 0 saturated carbocycles. The van der Waals surface area contributed by atoms with Crippen LogP contribution in [0.3, 0.4) is 0 Å². The fourth-order valence-corrected chi connectivity index (χ4v) is 2.83. The summed E-state index contributed by atoms with van der Waals surface area (Å²) in [6, 6.07) is 10.0. The molecule has 0 unspecified atom stereocenters. The molecule has 0 radical (unpaired) electrons. The number of hydrogen-bond donors (Lipinski definition) is 1. The molecule has 1 heterocycles. The van der Waals surface area contributed by atoms with Gasteiger partial charge in [-0.3, -0.25) is 34.2 Å². The van der Waals surface area contributed by atoms with Gasteiger partial charge < -0.3 is 15.2 Å². The van der Waals surface area contributed by atoms with Gasteiger partial charge in [0.2, 0.25) is 0 Å². The molecule has 0 saturated heterocycles. The van der Waals surface area contributed by atoms with Gasteiger partial charge in [-0.15, -0.1) is 0 Å².